The van der Waals surface area contributed by atoms with E-state index in [1.807, 2.05) is 7.05 Å². The molecule has 4 nitrogen and oxygen atoms in total. The lowest BCUT2D eigenvalue weighted by molar-refractivity contribution is 0.210. The van der Waals surface area contributed by atoms with Crippen LogP contribution >= 0.6 is 0 Å². The molecule has 1 heterocycles. The van der Waals surface area contributed by atoms with Crippen molar-refractivity contribution in [1.82, 2.24) is 15.5 Å². The monoisotopic (exact) mass is 292 g/mol. The fourth-order valence-electron chi connectivity index (χ4n) is 3.37. The number of rotatable bonds is 5. The highest BCUT2D eigenvalue weighted by Crippen LogP contribution is 2.19. The van der Waals surface area contributed by atoms with Crippen molar-refractivity contribution < 1.29 is 0 Å². The Morgan fingerprint density at radius 1 is 1.33 bits per heavy atom. The van der Waals surface area contributed by atoms with Gasteiger partial charge in [-0.25, -0.2) is 0 Å². The lowest BCUT2D eigenvalue weighted by Gasteiger charge is -2.30. The smallest absolute Gasteiger partial charge is 0.190 e. The lowest BCUT2D eigenvalue weighted by atomic mass is 9.97. The molecule has 21 heavy (non-hydrogen) atoms. The highest BCUT2D eigenvalue weighted by molar-refractivity contribution is 5.79. The fraction of sp³-hybridized carbons (Fsp3) is 0.824. The lowest BCUT2D eigenvalue weighted by Crippen LogP contribution is -2.43. The first-order chi connectivity index (χ1) is 10.3. The third kappa shape index (κ3) is 6.08. The molecule has 0 radical (unpaired) electrons. The van der Waals surface area contributed by atoms with Gasteiger partial charge in [-0.15, -0.1) is 0 Å². The van der Waals surface area contributed by atoms with Crippen molar-refractivity contribution in [3.8, 4) is 0 Å². The van der Waals surface area contributed by atoms with E-state index >= 15 is 0 Å². The molecule has 1 aliphatic carbocycles. The Morgan fingerprint density at radius 3 is 2.95 bits per heavy atom. The van der Waals surface area contributed by atoms with Crippen LogP contribution in [0.15, 0.2) is 16.6 Å². The molecule has 0 amide bonds. The topological polar surface area (TPSA) is 39.7 Å². The van der Waals surface area contributed by atoms with Crippen molar-refractivity contribution in [2.24, 2.45) is 10.9 Å². The standard InChI is InChI=1S/C17H32N4/c1-18-17(19-11-10-15-7-4-3-5-8-15)20-13-16-9-6-12-21(2)14-16/h7,16H,3-6,8-14H2,1-2H3,(H2,18,19,20). The number of nitrogens with one attached hydrogen (secondary N) is 2. The molecular weight excluding hydrogens is 260 g/mol. The molecule has 0 saturated carbocycles. The number of piperidine rings is 1. The van der Waals surface area contributed by atoms with Crippen LogP contribution in [0.4, 0.5) is 0 Å². The summed E-state index contributed by atoms with van der Waals surface area (Å²) in [4.78, 5) is 6.77. The Bertz CT molecular complexity index is 362. The summed E-state index contributed by atoms with van der Waals surface area (Å²) in [6, 6.07) is 0. The molecule has 2 N–H and O–H groups in total. The summed E-state index contributed by atoms with van der Waals surface area (Å²) >= 11 is 0. The average Bonchev–Trinajstić information content (AvgIpc) is 2.52. The molecule has 0 bridgehead atoms. The molecule has 1 saturated heterocycles. The Hall–Kier alpha value is -1.03. The predicted octanol–water partition coefficient (Wildman–Crippen LogP) is 2.38. The van der Waals surface area contributed by atoms with Crippen LogP contribution in [0.2, 0.25) is 0 Å². The van der Waals surface area contributed by atoms with E-state index in [1.165, 1.54) is 51.6 Å². The van der Waals surface area contributed by atoms with Gasteiger partial charge >= 0.3 is 0 Å². The first kappa shape index (κ1) is 16.3. The maximum Gasteiger partial charge on any atom is 0.190 e. The molecular formula is C17H32N4. The second kappa shape index (κ2) is 9.08. The summed E-state index contributed by atoms with van der Waals surface area (Å²) in [6.45, 7) is 4.48. The average molecular weight is 292 g/mol. The van der Waals surface area contributed by atoms with Crippen molar-refractivity contribution in [1.29, 1.82) is 0 Å². The van der Waals surface area contributed by atoms with E-state index in [-0.39, 0.29) is 0 Å². The van der Waals surface area contributed by atoms with Gasteiger partial charge < -0.3 is 15.5 Å². The largest absolute Gasteiger partial charge is 0.356 e. The Morgan fingerprint density at radius 2 is 2.24 bits per heavy atom. The van der Waals surface area contributed by atoms with Crippen molar-refractivity contribution in [2.75, 3.05) is 40.3 Å². The van der Waals surface area contributed by atoms with Crippen LogP contribution in [0, 0.1) is 5.92 Å². The first-order valence-electron chi connectivity index (χ1n) is 8.59. The molecule has 1 aliphatic heterocycles. The molecule has 0 spiro atoms. The second-order valence-corrected chi connectivity index (χ2v) is 6.51. The van der Waals surface area contributed by atoms with Gasteiger partial charge in [-0.3, -0.25) is 4.99 Å². The number of aliphatic imine (C=N–C) groups is 1. The zero-order valence-electron chi connectivity index (χ0n) is 13.8. The molecule has 120 valence electrons. The normalized spacial score (nSPS) is 24.6. The zero-order chi connectivity index (χ0) is 14.9. The summed E-state index contributed by atoms with van der Waals surface area (Å²) in [5, 5.41) is 6.94. The zero-order valence-corrected chi connectivity index (χ0v) is 13.8. The summed E-state index contributed by atoms with van der Waals surface area (Å²) in [5.41, 5.74) is 1.62. The van der Waals surface area contributed by atoms with Gasteiger partial charge in [0.05, 0.1) is 0 Å². The molecule has 1 unspecified atom stereocenters. The molecule has 4 heteroatoms. The van der Waals surface area contributed by atoms with Crippen molar-refractivity contribution in [3.63, 3.8) is 0 Å². The minimum Gasteiger partial charge on any atom is -0.356 e. The van der Waals surface area contributed by atoms with E-state index in [0.29, 0.717) is 0 Å². The van der Waals surface area contributed by atoms with Gasteiger partial charge in [-0.1, -0.05) is 11.6 Å². The minimum absolute atomic E-state index is 0.753. The van der Waals surface area contributed by atoms with Gasteiger partial charge in [-0.2, -0.15) is 0 Å². The maximum atomic E-state index is 4.34. The summed E-state index contributed by atoms with van der Waals surface area (Å²) in [7, 11) is 4.08. The number of likely N-dealkylation sites (tertiary alicyclic amines) is 1. The van der Waals surface area contributed by atoms with Crippen LogP contribution in [-0.4, -0.2) is 51.1 Å². The fourth-order valence-corrected chi connectivity index (χ4v) is 3.37. The van der Waals surface area contributed by atoms with Crippen LogP contribution in [0.5, 0.6) is 0 Å². The molecule has 0 aromatic heterocycles. The van der Waals surface area contributed by atoms with Crippen molar-refractivity contribution >= 4 is 5.96 Å². The molecule has 1 fully saturated rings. The quantitative estimate of drug-likeness (QED) is 0.464. The van der Waals surface area contributed by atoms with Gasteiger partial charge in [0.1, 0.15) is 0 Å². The van der Waals surface area contributed by atoms with Gasteiger partial charge in [0.2, 0.25) is 0 Å². The minimum atomic E-state index is 0.753. The SMILES string of the molecule is CN=C(NCCC1=CCCCC1)NCC1CCCN(C)C1. The Balaban J connectivity index is 1.62. The maximum absolute atomic E-state index is 4.34. The van der Waals surface area contributed by atoms with Crippen molar-refractivity contribution in [2.45, 2.75) is 44.9 Å². The van der Waals surface area contributed by atoms with Gasteiger partial charge in [0.25, 0.3) is 0 Å². The Kier molecular flexibility index (Phi) is 7.07. The van der Waals surface area contributed by atoms with E-state index in [9.17, 15) is 0 Å². The van der Waals surface area contributed by atoms with Crippen LogP contribution in [-0.2, 0) is 0 Å². The third-order valence-electron chi connectivity index (χ3n) is 4.63. The van der Waals surface area contributed by atoms with E-state index < -0.39 is 0 Å². The number of hydrogen-bond acceptors (Lipinski definition) is 2. The molecule has 0 aromatic carbocycles. The first-order valence-corrected chi connectivity index (χ1v) is 8.59. The molecule has 2 rings (SSSR count). The van der Waals surface area contributed by atoms with E-state index in [4.69, 9.17) is 0 Å². The predicted molar refractivity (Wildman–Crippen MR) is 90.8 cm³/mol. The van der Waals surface area contributed by atoms with Gasteiger partial charge in [0.15, 0.2) is 5.96 Å². The van der Waals surface area contributed by atoms with Crippen LogP contribution < -0.4 is 10.6 Å². The summed E-state index contributed by atoms with van der Waals surface area (Å²) < 4.78 is 0. The van der Waals surface area contributed by atoms with E-state index in [0.717, 1.165) is 31.4 Å². The molecule has 0 aromatic rings. The number of allylic oxidation sites excluding steroid dienone is 1. The van der Waals surface area contributed by atoms with Crippen molar-refractivity contribution in [3.05, 3.63) is 11.6 Å². The second-order valence-electron chi connectivity index (χ2n) is 6.51. The van der Waals surface area contributed by atoms with E-state index in [2.05, 4.69) is 33.6 Å². The van der Waals surface area contributed by atoms with Gasteiger partial charge in [-0.05, 0) is 64.5 Å². The van der Waals surface area contributed by atoms with Crippen LogP contribution in [0.3, 0.4) is 0 Å². The number of nitrogens with zero attached hydrogens (tertiary/aromatic N) is 2. The summed E-state index contributed by atoms with van der Waals surface area (Å²) in [5.74, 6) is 1.71. The summed E-state index contributed by atoms with van der Waals surface area (Å²) in [6.07, 6.45) is 11.6. The number of guanidine groups is 1. The molecule has 1 atom stereocenters. The third-order valence-corrected chi connectivity index (χ3v) is 4.63. The molecule has 2 aliphatic rings. The highest BCUT2D eigenvalue weighted by atomic mass is 15.2. The van der Waals surface area contributed by atoms with E-state index in [1.54, 1.807) is 5.57 Å². The van der Waals surface area contributed by atoms with Crippen LogP contribution in [0.25, 0.3) is 0 Å². The highest BCUT2D eigenvalue weighted by Gasteiger charge is 2.17. The van der Waals surface area contributed by atoms with Crippen LogP contribution in [0.1, 0.15) is 44.9 Å². The Labute approximate surface area is 130 Å². The van der Waals surface area contributed by atoms with Gasteiger partial charge in [0, 0.05) is 26.7 Å². The number of hydrogen-bond donors (Lipinski definition) is 2.